The van der Waals surface area contributed by atoms with Crippen LogP contribution in [0.1, 0.15) is 73.5 Å². The maximum atomic E-state index is 14.0. The van der Waals surface area contributed by atoms with E-state index in [0.29, 0.717) is 18.8 Å². The maximum absolute atomic E-state index is 14.0. The molecule has 1 aliphatic heterocycles. The second-order valence-electron chi connectivity index (χ2n) is 10.3. The third-order valence-corrected chi connectivity index (χ3v) is 7.86. The number of nitrogens with one attached hydrogen (secondary N) is 1. The highest BCUT2D eigenvalue weighted by molar-refractivity contribution is 6.03. The fourth-order valence-corrected chi connectivity index (χ4v) is 5.65. The summed E-state index contributed by atoms with van der Waals surface area (Å²) >= 11 is 0. The number of hydrogen-bond donors (Lipinski definition) is 1. The summed E-state index contributed by atoms with van der Waals surface area (Å²) in [6.07, 6.45) is 8.11. The van der Waals surface area contributed by atoms with Gasteiger partial charge in [0.1, 0.15) is 11.2 Å². The first-order valence-corrected chi connectivity index (χ1v) is 12.7. The van der Waals surface area contributed by atoms with Crippen LogP contribution in [-0.4, -0.2) is 32.9 Å². The molecule has 1 aliphatic carbocycles. The molecule has 3 aromatic rings. The Kier molecular flexibility index (Phi) is 6.20. The fraction of sp³-hybridized carbons (Fsp3) is 0.448. The first-order chi connectivity index (χ1) is 16.5. The molecule has 0 spiro atoms. The third kappa shape index (κ3) is 4.13. The number of nitrogens with zero attached hydrogens (tertiary/aromatic N) is 2. The lowest BCUT2D eigenvalue weighted by Crippen LogP contribution is -2.64. The number of hydrogen-bond acceptors (Lipinski definition) is 2. The number of amides is 2. The van der Waals surface area contributed by atoms with Crippen LogP contribution in [0.25, 0.3) is 10.9 Å². The van der Waals surface area contributed by atoms with Gasteiger partial charge in [-0.2, -0.15) is 0 Å². The summed E-state index contributed by atoms with van der Waals surface area (Å²) in [7, 11) is 0. The molecule has 0 unspecified atom stereocenters. The molecular formula is C29H35N3O2. The van der Waals surface area contributed by atoms with Gasteiger partial charge in [-0.3, -0.25) is 9.59 Å². The first-order valence-electron chi connectivity index (χ1n) is 12.7. The summed E-state index contributed by atoms with van der Waals surface area (Å²) in [5.41, 5.74) is 2.89. The van der Waals surface area contributed by atoms with Gasteiger partial charge in [0, 0.05) is 23.5 Å². The zero-order valence-electron chi connectivity index (χ0n) is 20.3. The van der Waals surface area contributed by atoms with Crippen LogP contribution in [0.2, 0.25) is 0 Å². The molecule has 5 rings (SSSR count). The normalized spacial score (nSPS) is 21.7. The molecule has 1 aromatic heterocycles. The van der Waals surface area contributed by atoms with Crippen molar-refractivity contribution in [1.29, 1.82) is 0 Å². The summed E-state index contributed by atoms with van der Waals surface area (Å²) < 4.78 is 2.05. The highest BCUT2D eigenvalue weighted by Crippen LogP contribution is 2.34. The lowest BCUT2D eigenvalue weighted by Gasteiger charge is -2.45. The van der Waals surface area contributed by atoms with Crippen LogP contribution in [0.5, 0.6) is 0 Å². The Balaban J connectivity index is 1.52. The molecule has 2 aromatic carbocycles. The minimum absolute atomic E-state index is 0.0385. The molecule has 2 heterocycles. The van der Waals surface area contributed by atoms with Crippen molar-refractivity contribution in [3.63, 3.8) is 0 Å². The van der Waals surface area contributed by atoms with Gasteiger partial charge in [0.25, 0.3) is 5.91 Å². The van der Waals surface area contributed by atoms with Gasteiger partial charge in [-0.15, -0.1) is 0 Å². The molecule has 1 saturated carbocycles. The molecule has 34 heavy (non-hydrogen) atoms. The number of aryl methyl sites for hydroxylation is 1. The minimum Gasteiger partial charge on any atom is -0.351 e. The smallest absolute Gasteiger partial charge is 0.271 e. The average Bonchev–Trinajstić information content (AvgIpc) is 3.18. The predicted octanol–water partition coefficient (Wildman–Crippen LogP) is 5.59. The molecule has 1 N–H and O–H groups in total. The lowest BCUT2D eigenvalue weighted by molar-refractivity contribution is -0.134. The molecule has 1 fully saturated rings. The van der Waals surface area contributed by atoms with Crippen LogP contribution >= 0.6 is 0 Å². The van der Waals surface area contributed by atoms with Crippen molar-refractivity contribution >= 4 is 22.7 Å². The van der Waals surface area contributed by atoms with Crippen LogP contribution in [0, 0.1) is 6.92 Å². The average molecular weight is 458 g/mol. The van der Waals surface area contributed by atoms with Crippen molar-refractivity contribution in [2.45, 2.75) is 83.5 Å². The second-order valence-corrected chi connectivity index (χ2v) is 10.3. The van der Waals surface area contributed by atoms with Gasteiger partial charge >= 0.3 is 0 Å². The van der Waals surface area contributed by atoms with Crippen molar-refractivity contribution in [2.75, 3.05) is 0 Å². The zero-order chi connectivity index (χ0) is 23.7. The summed E-state index contributed by atoms with van der Waals surface area (Å²) in [6, 6.07) is 18.3. The molecule has 178 valence electrons. The van der Waals surface area contributed by atoms with Crippen LogP contribution in [-0.2, 0) is 17.9 Å². The Hall–Kier alpha value is -3.08. The number of fused-ring (bicyclic) bond motifs is 3. The summed E-state index contributed by atoms with van der Waals surface area (Å²) in [5, 5.41) is 4.41. The molecule has 2 amide bonds. The molecule has 0 radical (unpaired) electrons. The monoisotopic (exact) mass is 457 g/mol. The van der Waals surface area contributed by atoms with Crippen LogP contribution in [0.15, 0.2) is 54.6 Å². The SMILES string of the molecule is Cc1ccccc1CN1C(=O)c2cc3ccccc3n2C[C@]1(C)C(=O)NC1CCCCCCC1. The lowest BCUT2D eigenvalue weighted by atomic mass is 9.91. The van der Waals surface area contributed by atoms with Gasteiger partial charge in [0.15, 0.2) is 0 Å². The largest absolute Gasteiger partial charge is 0.351 e. The van der Waals surface area contributed by atoms with E-state index in [1.54, 1.807) is 0 Å². The van der Waals surface area contributed by atoms with E-state index in [9.17, 15) is 9.59 Å². The number of rotatable bonds is 4. The predicted molar refractivity (Wildman–Crippen MR) is 136 cm³/mol. The topological polar surface area (TPSA) is 54.3 Å². The van der Waals surface area contributed by atoms with Gasteiger partial charge < -0.3 is 14.8 Å². The highest BCUT2D eigenvalue weighted by Gasteiger charge is 2.48. The van der Waals surface area contributed by atoms with Gasteiger partial charge in [-0.05, 0) is 49.9 Å². The minimum atomic E-state index is -0.976. The van der Waals surface area contributed by atoms with Crippen molar-refractivity contribution in [3.05, 3.63) is 71.4 Å². The number of carbonyl (C=O) groups excluding carboxylic acids is 2. The number of aromatic nitrogens is 1. The van der Waals surface area contributed by atoms with E-state index in [-0.39, 0.29) is 17.9 Å². The molecule has 0 saturated heterocycles. The van der Waals surface area contributed by atoms with Gasteiger partial charge in [-0.1, -0.05) is 74.6 Å². The molecule has 2 aliphatic rings. The second kappa shape index (κ2) is 9.28. The van der Waals surface area contributed by atoms with E-state index in [1.165, 1.54) is 19.3 Å². The van der Waals surface area contributed by atoms with Crippen molar-refractivity contribution < 1.29 is 9.59 Å². The molecule has 5 heteroatoms. The summed E-state index contributed by atoms with van der Waals surface area (Å²) in [4.78, 5) is 29.7. The maximum Gasteiger partial charge on any atom is 0.271 e. The van der Waals surface area contributed by atoms with E-state index >= 15 is 0 Å². The molecule has 5 nitrogen and oxygen atoms in total. The van der Waals surface area contributed by atoms with Gasteiger partial charge in [0.05, 0.1) is 6.54 Å². The van der Waals surface area contributed by atoms with E-state index in [4.69, 9.17) is 0 Å². The van der Waals surface area contributed by atoms with Crippen molar-refractivity contribution in [2.24, 2.45) is 0 Å². The van der Waals surface area contributed by atoms with Crippen molar-refractivity contribution in [3.8, 4) is 0 Å². The zero-order valence-corrected chi connectivity index (χ0v) is 20.3. The van der Waals surface area contributed by atoms with Crippen LogP contribution in [0.4, 0.5) is 0 Å². The Morgan fingerprint density at radius 3 is 2.44 bits per heavy atom. The Bertz CT molecular complexity index is 1210. The van der Waals surface area contributed by atoms with Crippen molar-refractivity contribution in [1.82, 2.24) is 14.8 Å². The highest BCUT2D eigenvalue weighted by atomic mass is 16.2. The number of para-hydroxylation sites is 1. The van der Waals surface area contributed by atoms with Gasteiger partial charge in [-0.25, -0.2) is 0 Å². The van der Waals surface area contributed by atoms with E-state index in [2.05, 4.69) is 24.4 Å². The summed E-state index contributed by atoms with van der Waals surface area (Å²) in [6.45, 7) is 4.87. The van der Waals surface area contributed by atoms with E-state index < -0.39 is 5.54 Å². The van der Waals surface area contributed by atoms with Gasteiger partial charge in [0.2, 0.25) is 5.91 Å². The van der Waals surface area contributed by atoms with E-state index in [1.807, 2.05) is 58.9 Å². The Labute approximate surface area is 202 Å². The van der Waals surface area contributed by atoms with E-state index in [0.717, 1.165) is 47.7 Å². The standard InChI is InChI=1S/C29H35N3O2/c1-21-12-8-9-14-23(21)19-32-27(33)26-18-22-13-10-11-17-25(22)31(26)20-29(32,2)28(34)30-24-15-6-4-3-5-7-16-24/h8-14,17-18,24H,3-7,15-16,19-20H2,1-2H3,(H,30,34)/t29-/m1/s1. The fourth-order valence-electron chi connectivity index (χ4n) is 5.65. The Morgan fingerprint density at radius 1 is 1.00 bits per heavy atom. The first kappa shape index (κ1) is 22.7. The summed E-state index contributed by atoms with van der Waals surface area (Å²) in [5.74, 6) is -0.121. The van der Waals surface area contributed by atoms with Crippen LogP contribution < -0.4 is 5.32 Å². The number of carbonyl (C=O) groups is 2. The quantitative estimate of drug-likeness (QED) is 0.555. The third-order valence-electron chi connectivity index (χ3n) is 7.86. The Morgan fingerprint density at radius 2 is 1.68 bits per heavy atom. The molecular weight excluding hydrogens is 422 g/mol. The molecule has 1 atom stereocenters. The van der Waals surface area contributed by atoms with Crippen LogP contribution in [0.3, 0.4) is 0 Å². The molecule has 0 bridgehead atoms. The number of benzene rings is 2.